The Morgan fingerprint density at radius 2 is 2.10 bits per heavy atom. The second kappa shape index (κ2) is 5.75. The third-order valence-corrected chi connectivity index (χ3v) is 3.57. The van der Waals surface area contributed by atoms with E-state index in [0.29, 0.717) is 22.3 Å². The first kappa shape index (κ1) is 14.7. The van der Waals surface area contributed by atoms with Crippen molar-refractivity contribution in [1.29, 1.82) is 0 Å². The molecule has 0 aliphatic rings. The summed E-state index contributed by atoms with van der Waals surface area (Å²) in [5.41, 5.74) is 2.97. The summed E-state index contributed by atoms with van der Waals surface area (Å²) in [6, 6.07) is 4.65. The van der Waals surface area contributed by atoms with Crippen molar-refractivity contribution in [2.45, 2.75) is 26.8 Å². The lowest BCUT2D eigenvalue weighted by Gasteiger charge is -2.06. The number of halogens is 2. The van der Waals surface area contributed by atoms with Crippen LogP contribution in [0.2, 0.25) is 0 Å². The minimum Gasteiger partial charge on any atom is -0.481 e. The molecule has 0 bridgehead atoms. The number of nitrogens with zero attached hydrogens (tertiary/aromatic N) is 2. The molecule has 0 fully saturated rings. The molecule has 0 atom stereocenters. The molecular weight excluding hydrogens is 327 g/mol. The maximum Gasteiger partial charge on any atom is 0.307 e. The monoisotopic (exact) mass is 340 g/mol. The third kappa shape index (κ3) is 3.25. The standard InChI is InChI=1S/C14H14BrFN2O2/c1-8-13(6-14(19)20)9(2)18(17-8)7-10-3-11(15)5-12(16)4-10/h3-5H,6-7H2,1-2H3,(H,19,20). The molecule has 0 amide bonds. The van der Waals surface area contributed by atoms with E-state index in [4.69, 9.17) is 5.11 Å². The van der Waals surface area contributed by atoms with Crippen molar-refractivity contribution >= 4 is 21.9 Å². The highest BCUT2D eigenvalue weighted by atomic mass is 79.9. The van der Waals surface area contributed by atoms with Gasteiger partial charge in [0.15, 0.2) is 0 Å². The number of aryl methyl sites for hydroxylation is 1. The van der Waals surface area contributed by atoms with E-state index in [0.717, 1.165) is 11.3 Å². The Morgan fingerprint density at radius 3 is 2.70 bits per heavy atom. The highest BCUT2D eigenvalue weighted by Gasteiger charge is 2.14. The number of hydrogen-bond donors (Lipinski definition) is 1. The van der Waals surface area contributed by atoms with Gasteiger partial charge in [-0.2, -0.15) is 5.10 Å². The van der Waals surface area contributed by atoms with Crippen molar-refractivity contribution in [3.8, 4) is 0 Å². The van der Waals surface area contributed by atoms with Crippen molar-refractivity contribution in [3.63, 3.8) is 0 Å². The van der Waals surface area contributed by atoms with Crippen molar-refractivity contribution in [2.24, 2.45) is 0 Å². The second-order valence-corrected chi connectivity index (χ2v) is 5.57. The summed E-state index contributed by atoms with van der Waals surface area (Å²) in [5, 5.41) is 13.2. The fraction of sp³-hybridized carbons (Fsp3) is 0.286. The molecule has 20 heavy (non-hydrogen) atoms. The quantitative estimate of drug-likeness (QED) is 0.930. The summed E-state index contributed by atoms with van der Waals surface area (Å²) >= 11 is 3.25. The molecular formula is C14H14BrFN2O2. The number of carboxylic acid groups (broad SMARTS) is 1. The molecule has 1 aromatic heterocycles. The number of rotatable bonds is 4. The van der Waals surface area contributed by atoms with Gasteiger partial charge in [0.05, 0.1) is 18.7 Å². The molecule has 1 N–H and O–H groups in total. The molecule has 1 aromatic carbocycles. The van der Waals surface area contributed by atoms with Gasteiger partial charge in [0.1, 0.15) is 5.82 Å². The van der Waals surface area contributed by atoms with Crippen LogP contribution in [0.15, 0.2) is 22.7 Å². The van der Waals surface area contributed by atoms with Crippen LogP contribution in [-0.2, 0) is 17.8 Å². The fourth-order valence-corrected chi connectivity index (χ4v) is 2.68. The van der Waals surface area contributed by atoms with Crippen LogP contribution in [0.1, 0.15) is 22.5 Å². The highest BCUT2D eigenvalue weighted by molar-refractivity contribution is 9.10. The largest absolute Gasteiger partial charge is 0.481 e. The number of carboxylic acids is 1. The number of carbonyl (C=O) groups is 1. The molecule has 2 rings (SSSR count). The van der Waals surface area contributed by atoms with E-state index >= 15 is 0 Å². The van der Waals surface area contributed by atoms with Crippen molar-refractivity contribution < 1.29 is 14.3 Å². The summed E-state index contributed by atoms with van der Waals surface area (Å²) in [6.45, 7) is 4.01. The lowest BCUT2D eigenvalue weighted by atomic mass is 10.1. The zero-order valence-electron chi connectivity index (χ0n) is 11.2. The lowest BCUT2D eigenvalue weighted by molar-refractivity contribution is -0.136. The van der Waals surface area contributed by atoms with E-state index in [9.17, 15) is 9.18 Å². The van der Waals surface area contributed by atoms with Crippen LogP contribution < -0.4 is 0 Å². The molecule has 0 saturated heterocycles. The maximum atomic E-state index is 13.4. The molecule has 0 spiro atoms. The van der Waals surface area contributed by atoms with Crippen LogP contribution in [-0.4, -0.2) is 20.9 Å². The Kier molecular flexibility index (Phi) is 4.23. The van der Waals surface area contributed by atoms with Gasteiger partial charge in [0.2, 0.25) is 0 Å². The Bertz CT molecular complexity index is 647. The molecule has 0 aliphatic heterocycles. The first-order valence-corrected chi connectivity index (χ1v) is 6.85. The maximum absolute atomic E-state index is 13.4. The van der Waals surface area contributed by atoms with Gasteiger partial charge in [0.25, 0.3) is 0 Å². The van der Waals surface area contributed by atoms with Gasteiger partial charge < -0.3 is 5.11 Å². The fourth-order valence-electron chi connectivity index (χ4n) is 2.17. The van der Waals surface area contributed by atoms with Crippen LogP contribution >= 0.6 is 15.9 Å². The van der Waals surface area contributed by atoms with E-state index in [2.05, 4.69) is 21.0 Å². The molecule has 6 heteroatoms. The second-order valence-electron chi connectivity index (χ2n) is 4.66. The van der Waals surface area contributed by atoms with Gasteiger partial charge in [0, 0.05) is 15.7 Å². The van der Waals surface area contributed by atoms with Gasteiger partial charge in [-0.15, -0.1) is 0 Å². The first-order chi connectivity index (χ1) is 9.36. The van der Waals surface area contributed by atoms with Crippen LogP contribution in [0.25, 0.3) is 0 Å². The summed E-state index contributed by atoms with van der Waals surface area (Å²) < 4.78 is 15.7. The summed E-state index contributed by atoms with van der Waals surface area (Å²) in [4.78, 5) is 10.8. The molecule has 0 aliphatic carbocycles. The summed E-state index contributed by atoms with van der Waals surface area (Å²) in [6.07, 6.45) is -0.0511. The minimum absolute atomic E-state index is 0.0511. The Balaban J connectivity index is 2.32. The SMILES string of the molecule is Cc1nn(Cc2cc(F)cc(Br)c2)c(C)c1CC(=O)O. The molecule has 0 unspecified atom stereocenters. The van der Waals surface area contributed by atoms with Crippen LogP contribution in [0, 0.1) is 19.7 Å². The zero-order chi connectivity index (χ0) is 14.9. The third-order valence-electron chi connectivity index (χ3n) is 3.11. The number of benzene rings is 1. The molecule has 0 saturated carbocycles. The van der Waals surface area contributed by atoms with Crippen LogP contribution in [0.3, 0.4) is 0 Å². The van der Waals surface area contributed by atoms with Crippen molar-refractivity contribution in [2.75, 3.05) is 0 Å². The van der Waals surface area contributed by atoms with Gasteiger partial charge in [-0.05, 0) is 37.6 Å². The number of hydrogen-bond acceptors (Lipinski definition) is 2. The van der Waals surface area contributed by atoms with Gasteiger partial charge in [-0.1, -0.05) is 15.9 Å². The van der Waals surface area contributed by atoms with E-state index in [1.165, 1.54) is 12.1 Å². The molecule has 2 aromatic rings. The van der Waals surface area contributed by atoms with Crippen LogP contribution in [0.4, 0.5) is 4.39 Å². The molecule has 4 nitrogen and oxygen atoms in total. The molecule has 106 valence electrons. The Hall–Kier alpha value is -1.69. The van der Waals surface area contributed by atoms with Gasteiger partial charge in [-0.3, -0.25) is 9.48 Å². The normalized spacial score (nSPS) is 10.8. The summed E-state index contributed by atoms with van der Waals surface area (Å²) in [7, 11) is 0. The van der Waals surface area contributed by atoms with Gasteiger partial charge >= 0.3 is 5.97 Å². The zero-order valence-corrected chi connectivity index (χ0v) is 12.7. The van der Waals surface area contributed by atoms with E-state index in [1.54, 1.807) is 11.6 Å². The number of aromatic nitrogens is 2. The lowest BCUT2D eigenvalue weighted by Crippen LogP contribution is -2.06. The highest BCUT2D eigenvalue weighted by Crippen LogP contribution is 2.19. The minimum atomic E-state index is -0.885. The average Bonchev–Trinajstić information content (AvgIpc) is 2.55. The Labute approximate surface area is 124 Å². The summed E-state index contributed by atoms with van der Waals surface area (Å²) in [5.74, 6) is -1.20. The van der Waals surface area contributed by atoms with Crippen molar-refractivity contribution in [3.05, 3.63) is 51.0 Å². The van der Waals surface area contributed by atoms with Crippen molar-refractivity contribution in [1.82, 2.24) is 9.78 Å². The van der Waals surface area contributed by atoms with E-state index in [-0.39, 0.29) is 12.2 Å². The predicted molar refractivity (Wildman–Crippen MR) is 76.2 cm³/mol. The number of aliphatic carboxylic acids is 1. The Morgan fingerprint density at radius 1 is 1.40 bits per heavy atom. The first-order valence-electron chi connectivity index (χ1n) is 6.06. The topological polar surface area (TPSA) is 55.1 Å². The smallest absolute Gasteiger partial charge is 0.307 e. The van der Waals surface area contributed by atoms with E-state index in [1.807, 2.05) is 13.0 Å². The van der Waals surface area contributed by atoms with E-state index < -0.39 is 5.97 Å². The van der Waals surface area contributed by atoms with Gasteiger partial charge in [-0.25, -0.2) is 4.39 Å². The molecule has 1 heterocycles. The average molecular weight is 341 g/mol. The predicted octanol–water partition coefficient (Wildman–Crippen LogP) is 3.08. The van der Waals surface area contributed by atoms with Crippen LogP contribution in [0.5, 0.6) is 0 Å². The molecule has 0 radical (unpaired) electrons.